The number of para-hydroxylation sites is 1. The highest BCUT2D eigenvalue weighted by Gasteiger charge is 2.39. The zero-order valence-electron chi connectivity index (χ0n) is 19.9. The van der Waals surface area contributed by atoms with Crippen molar-refractivity contribution in [1.82, 2.24) is 15.5 Å². The van der Waals surface area contributed by atoms with Crippen LogP contribution in [0.1, 0.15) is 35.2 Å². The summed E-state index contributed by atoms with van der Waals surface area (Å²) in [4.78, 5) is 27.1. The average molecular weight is 485 g/mol. The molecule has 0 radical (unpaired) electrons. The number of urea groups is 1. The third kappa shape index (κ3) is 4.82. The minimum absolute atomic E-state index is 0.0191. The van der Waals surface area contributed by atoms with Crippen molar-refractivity contribution in [2.24, 2.45) is 0 Å². The number of benzene rings is 3. The van der Waals surface area contributed by atoms with Gasteiger partial charge in [0, 0.05) is 30.4 Å². The molecule has 2 atom stereocenters. The molecule has 3 aromatic rings. The van der Waals surface area contributed by atoms with Crippen LogP contribution in [0.3, 0.4) is 0 Å². The van der Waals surface area contributed by atoms with Crippen molar-refractivity contribution in [2.45, 2.75) is 31.3 Å². The van der Waals surface area contributed by atoms with E-state index in [0.29, 0.717) is 36.3 Å². The van der Waals surface area contributed by atoms with Crippen molar-refractivity contribution >= 4 is 23.2 Å². The predicted molar refractivity (Wildman–Crippen MR) is 140 cm³/mol. The molecule has 0 aromatic heterocycles. The lowest BCUT2D eigenvalue weighted by molar-refractivity contribution is 0.0954. The van der Waals surface area contributed by atoms with E-state index < -0.39 is 0 Å². The molecule has 36 heavy (non-hydrogen) atoms. The van der Waals surface area contributed by atoms with Crippen LogP contribution in [0, 0.1) is 5.82 Å². The number of nitrogen functional groups attached to an aromatic ring is 1. The average Bonchev–Trinajstić information content (AvgIpc) is 3.16. The molecule has 2 unspecified atom stereocenters. The fourth-order valence-electron chi connectivity index (χ4n) is 5.16. The third-order valence-electron chi connectivity index (χ3n) is 6.95. The van der Waals surface area contributed by atoms with Crippen molar-refractivity contribution in [3.05, 3.63) is 95.8 Å². The number of nitrogens with zero attached hydrogens (tertiary/aromatic N) is 1. The first kappa shape index (κ1) is 23.6. The number of amides is 3. The smallest absolute Gasteiger partial charge is 0.318 e. The van der Waals surface area contributed by atoms with Gasteiger partial charge in [-0.05, 0) is 54.2 Å². The van der Waals surface area contributed by atoms with Gasteiger partial charge >= 0.3 is 6.03 Å². The van der Waals surface area contributed by atoms with Crippen molar-refractivity contribution < 1.29 is 14.0 Å². The fourth-order valence-corrected chi connectivity index (χ4v) is 5.16. The quantitative estimate of drug-likeness (QED) is 0.346. The van der Waals surface area contributed by atoms with Crippen molar-refractivity contribution in [3.63, 3.8) is 0 Å². The van der Waals surface area contributed by atoms with E-state index in [2.05, 4.69) is 16.7 Å². The molecule has 1 fully saturated rings. The van der Waals surface area contributed by atoms with Gasteiger partial charge in [0.15, 0.2) is 0 Å². The summed E-state index contributed by atoms with van der Waals surface area (Å²) in [7, 11) is 0. The first-order valence-corrected chi connectivity index (χ1v) is 12.3. The highest BCUT2D eigenvalue weighted by atomic mass is 19.1. The van der Waals surface area contributed by atoms with Gasteiger partial charge in [-0.1, -0.05) is 60.7 Å². The Morgan fingerprint density at radius 3 is 2.42 bits per heavy atom. The minimum atomic E-state index is -0.265. The summed E-state index contributed by atoms with van der Waals surface area (Å²) in [5, 5.41) is 5.70. The Kier molecular flexibility index (Phi) is 6.71. The Morgan fingerprint density at radius 2 is 1.67 bits per heavy atom. The van der Waals surface area contributed by atoms with Gasteiger partial charge in [-0.2, -0.15) is 0 Å². The van der Waals surface area contributed by atoms with E-state index in [1.807, 2.05) is 47.4 Å². The van der Waals surface area contributed by atoms with Gasteiger partial charge in [0.25, 0.3) is 5.91 Å². The Labute approximate surface area is 210 Å². The normalized spacial score (nSPS) is 18.5. The monoisotopic (exact) mass is 484 g/mol. The molecule has 3 amide bonds. The van der Waals surface area contributed by atoms with E-state index in [0.717, 1.165) is 29.5 Å². The fraction of sp³-hybridized carbons (Fsp3) is 0.241. The van der Waals surface area contributed by atoms with Gasteiger partial charge in [0.1, 0.15) is 5.82 Å². The van der Waals surface area contributed by atoms with E-state index in [1.165, 1.54) is 0 Å². The molecule has 7 heteroatoms. The Hall–Kier alpha value is -4.13. The second-order valence-corrected chi connectivity index (χ2v) is 9.24. The van der Waals surface area contributed by atoms with Crippen LogP contribution >= 0.6 is 0 Å². The summed E-state index contributed by atoms with van der Waals surface area (Å²) in [5.74, 6) is -0.509. The standard InChI is InChI=1S/C29H29FN4O2/c30-26-18-20(10-13-24(26)19-6-2-1-3-7-19)21-16-22-11-12-23(17-21)34(22)29(36)33-15-14-32-28(35)25-8-4-5-9-27(25)31/h1-10,13,16,18,22-23H,11-12,14-15,17,31H2,(H,32,35)(H,33,36). The van der Waals surface area contributed by atoms with Crippen LogP contribution in [0.15, 0.2) is 78.9 Å². The van der Waals surface area contributed by atoms with Gasteiger partial charge in [0.05, 0.1) is 11.6 Å². The topological polar surface area (TPSA) is 87.5 Å². The number of hydrogen-bond acceptors (Lipinski definition) is 3. The van der Waals surface area contributed by atoms with Crippen LogP contribution in [0.2, 0.25) is 0 Å². The highest BCUT2D eigenvalue weighted by molar-refractivity contribution is 5.99. The maximum absolute atomic E-state index is 14.9. The first-order valence-electron chi connectivity index (χ1n) is 12.3. The SMILES string of the molecule is Nc1ccccc1C(=O)NCCNC(=O)N1C2C=C(c3ccc(-c4ccccc4)c(F)c3)CC1CC2. The second kappa shape index (κ2) is 10.2. The van der Waals surface area contributed by atoms with E-state index in [-0.39, 0.29) is 29.8 Å². The van der Waals surface area contributed by atoms with Crippen LogP contribution < -0.4 is 16.4 Å². The molecule has 4 N–H and O–H groups in total. The van der Waals surface area contributed by atoms with Gasteiger partial charge in [-0.15, -0.1) is 0 Å². The molecule has 0 spiro atoms. The molecule has 5 rings (SSSR count). The molecule has 0 saturated carbocycles. The number of hydrogen-bond donors (Lipinski definition) is 3. The number of carbonyl (C=O) groups is 2. The van der Waals surface area contributed by atoms with Crippen LogP contribution in [-0.4, -0.2) is 42.0 Å². The Morgan fingerprint density at radius 1 is 0.917 bits per heavy atom. The summed E-state index contributed by atoms with van der Waals surface area (Å²) in [5.41, 5.74) is 10.1. The molecular weight excluding hydrogens is 455 g/mol. The lowest BCUT2D eigenvalue weighted by Gasteiger charge is -2.34. The molecule has 2 heterocycles. The lowest BCUT2D eigenvalue weighted by Crippen LogP contribution is -2.49. The predicted octanol–water partition coefficient (Wildman–Crippen LogP) is 4.83. The van der Waals surface area contributed by atoms with Crippen LogP contribution in [0.25, 0.3) is 16.7 Å². The largest absolute Gasteiger partial charge is 0.398 e. The molecule has 3 aromatic carbocycles. The minimum Gasteiger partial charge on any atom is -0.398 e. The summed E-state index contributed by atoms with van der Waals surface area (Å²) >= 11 is 0. The number of nitrogens with two attached hydrogens (primary N) is 1. The summed E-state index contributed by atoms with van der Waals surface area (Å²) in [6.07, 6.45) is 4.58. The summed E-state index contributed by atoms with van der Waals surface area (Å²) < 4.78 is 14.9. The molecular formula is C29H29FN4O2. The molecule has 6 nitrogen and oxygen atoms in total. The molecule has 2 bridgehead atoms. The van der Waals surface area contributed by atoms with Gasteiger partial charge in [-0.25, -0.2) is 9.18 Å². The number of rotatable bonds is 6. The van der Waals surface area contributed by atoms with Crippen LogP contribution in [0.5, 0.6) is 0 Å². The van der Waals surface area contributed by atoms with E-state index >= 15 is 0 Å². The number of fused-ring (bicyclic) bond motifs is 2. The third-order valence-corrected chi connectivity index (χ3v) is 6.95. The molecule has 0 aliphatic carbocycles. The van der Waals surface area contributed by atoms with Crippen molar-refractivity contribution in [3.8, 4) is 11.1 Å². The zero-order valence-corrected chi connectivity index (χ0v) is 19.9. The first-order chi connectivity index (χ1) is 17.5. The van der Waals surface area contributed by atoms with Gasteiger partial charge in [-0.3, -0.25) is 4.79 Å². The summed E-state index contributed by atoms with van der Waals surface area (Å²) in [6.45, 7) is 0.617. The Bertz CT molecular complexity index is 1310. The summed E-state index contributed by atoms with van der Waals surface area (Å²) in [6, 6.07) is 21.7. The molecule has 2 aliphatic rings. The van der Waals surface area contributed by atoms with E-state index in [1.54, 1.807) is 30.3 Å². The highest BCUT2D eigenvalue weighted by Crippen LogP contribution is 2.39. The second-order valence-electron chi connectivity index (χ2n) is 9.24. The van der Waals surface area contributed by atoms with E-state index in [9.17, 15) is 14.0 Å². The maximum Gasteiger partial charge on any atom is 0.318 e. The van der Waals surface area contributed by atoms with Gasteiger partial charge < -0.3 is 21.3 Å². The number of halogens is 1. The molecule has 184 valence electrons. The lowest BCUT2D eigenvalue weighted by atomic mass is 9.93. The van der Waals surface area contributed by atoms with Crippen molar-refractivity contribution in [1.29, 1.82) is 0 Å². The van der Waals surface area contributed by atoms with Gasteiger partial charge in [0.2, 0.25) is 0 Å². The Balaban J connectivity index is 1.19. The zero-order chi connectivity index (χ0) is 25.1. The van der Waals surface area contributed by atoms with E-state index in [4.69, 9.17) is 5.73 Å². The molecule has 2 aliphatic heterocycles. The number of nitrogens with one attached hydrogen (secondary N) is 2. The number of anilines is 1. The van der Waals surface area contributed by atoms with Crippen LogP contribution in [0.4, 0.5) is 14.9 Å². The van der Waals surface area contributed by atoms with Crippen molar-refractivity contribution in [2.75, 3.05) is 18.8 Å². The van der Waals surface area contributed by atoms with Crippen LogP contribution in [-0.2, 0) is 0 Å². The number of carbonyl (C=O) groups excluding carboxylic acids is 2. The maximum atomic E-state index is 14.9. The molecule has 1 saturated heterocycles.